The maximum atomic E-state index is 12.2. The summed E-state index contributed by atoms with van der Waals surface area (Å²) in [5, 5.41) is 4.33. The number of nitrogens with one attached hydrogen (secondary N) is 1. The van der Waals surface area contributed by atoms with Crippen LogP contribution in [-0.4, -0.2) is 30.4 Å². The highest BCUT2D eigenvalue weighted by atomic mass is 35.5. The van der Waals surface area contributed by atoms with Gasteiger partial charge in [-0.1, -0.05) is 29.3 Å². The van der Waals surface area contributed by atoms with Crippen LogP contribution in [0.15, 0.2) is 42.6 Å². The van der Waals surface area contributed by atoms with Crippen LogP contribution in [0.3, 0.4) is 0 Å². The third kappa shape index (κ3) is 5.95. The minimum absolute atomic E-state index is 0.224. The molecule has 2 aromatic carbocycles. The first-order valence-corrected chi connectivity index (χ1v) is 10.6. The van der Waals surface area contributed by atoms with Crippen LogP contribution < -0.4 is 14.8 Å². The topological polar surface area (TPSA) is 77.5 Å². The molecule has 0 aliphatic rings. The summed E-state index contributed by atoms with van der Waals surface area (Å²) in [5.74, 6) is 0.434. The molecule has 1 amide bonds. The largest absolute Gasteiger partial charge is 0.490 e. The Morgan fingerprint density at radius 3 is 2.73 bits per heavy atom. The molecular weight excluding hydrogens is 447 g/mol. The first-order valence-electron chi connectivity index (χ1n) is 9.01. The van der Waals surface area contributed by atoms with E-state index in [9.17, 15) is 9.59 Å². The van der Waals surface area contributed by atoms with Crippen LogP contribution in [0.5, 0.6) is 11.5 Å². The lowest BCUT2D eigenvalue weighted by atomic mass is 10.1. The van der Waals surface area contributed by atoms with Gasteiger partial charge in [-0.05, 0) is 42.8 Å². The maximum absolute atomic E-state index is 12.2. The molecule has 0 spiro atoms. The van der Waals surface area contributed by atoms with E-state index in [1.165, 1.54) is 11.3 Å². The van der Waals surface area contributed by atoms with Crippen molar-refractivity contribution in [3.63, 3.8) is 0 Å². The summed E-state index contributed by atoms with van der Waals surface area (Å²) in [7, 11) is 0. The van der Waals surface area contributed by atoms with Crippen molar-refractivity contribution in [2.24, 2.45) is 0 Å². The van der Waals surface area contributed by atoms with Gasteiger partial charge in [-0.3, -0.25) is 14.9 Å². The normalized spacial score (nSPS) is 10.5. The van der Waals surface area contributed by atoms with Crippen molar-refractivity contribution < 1.29 is 19.1 Å². The number of anilines is 1. The number of benzene rings is 2. The van der Waals surface area contributed by atoms with Crippen molar-refractivity contribution in [1.29, 1.82) is 0 Å². The summed E-state index contributed by atoms with van der Waals surface area (Å²) in [5.41, 5.74) is 1.39. The number of hydrogen-bond donors (Lipinski definition) is 1. The molecule has 1 heterocycles. The molecule has 0 atom stereocenters. The summed E-state index contributed by atoms with van der Waals surface area (Å²) in [6.07, 6.45) is 2.99. The lowest BCUT2D eigenvalue weighted by Crippen LogP contribution is -2.20. The number of ether oxygens (including phenoxy) is 2. The lowest BCUT2D eigenvalue weighted by Gasteiger charge is -2.11. The quantitative estimate of drug-likeness (QED) is 0.436. The van der Waals surface area contributed by atoms with E-state index >= 15 is 0 Å². The third-order valence-electron chi connectivity index (χ3n) is 3.94. The van der Waals surface area contributed by atoms with Gasteiger partial charge in [-0.2, -0.15) is 0 Å². The molecule has 1 N–H and O–H groups in total. The molecule has 3 aromatic rings. The fourth-order valence-electron chi connectivity index (χ4n) is 2.58. The van der Waals surface area contributed by atoms with Gasteiger partial charge < -0.3 is 9.47 Å². The number of thiazole rings is 1. The predicted octanol–water partition coefficient (Wildman–Crippen LogP) is 5.27. The van der Waals surface area contributed by atoms with Crippen LogP contribution in [0.25, 0.3) is 0 Å². The third-order valence-corrected chi connectivity index (χ3v) is 5.44. The molecule has 9 heteroatoms. The Kier molecular flexibility index (Phi) is 7.68. The second-order valence-corrected chi connectivity index (χ2v) is 8.10. The van der Waals surface area contributed by atoms with Gasteiger partial charge in [-0.25, -0.2) is 4.98 Å². The van der Waals surface area contributed by atoms with Gasteiger partial charge in [-0.15, -0.1) is 11.3 Å². The van der Waals surface area contributed by atoms with E-state index in [1.54, 1.807) is 36.5 Å². The van der Waals surface area contributed by atoms with Gasteiger partial charge in [0, 0.05) is 33.1 Å². The Labute approximate surface area is 187 Å². The summed E-state index contributed by atoms with van der Waals surface area (Å²) in [4.78, 5) is 28.3. The first-order chi connectivity index (χ1) is 14.5. The Morgan fingerprint density at radius 1 is 1.17 bits per heavy atom. The highest BCUT2D eigenvalue weighted by Crippen LogP contribution is 2.29. The van der Waals surface area contributed by atoms with E-state index in [-0.39, 0.29) is 12.5 Å². The summed E-state index contributed by atoms with van der Waals surface area (Å²) in [6, 6.07) is 10.1. The number of hydrogen-bond acceptors (Lipinski definition) is 6. The number of aldehydes is 1. The van der Waals surface area contributed by atoms with E-state index < -0.39 is 0 Å². The molecule has 0 saturated heterocycles. The molecule has 3 rings (SSSR count). The van der Waals surface area contributed by atoms with E-state index in [2.05, 4.69) is 10.3 Å². The van der Waals surface area contributed by atoms with E-state index in [0.29, 0.717) is 45.3 Å². The number of halogens is 2. The minimum atomic E-state index is -0.359. The number of rotatable bonds is 9. The van der Waals surface area contributed by atoms with E-state index in [0.717, 1.165) is 16.7 Å². The molecule has 0 radical (unpaired) electrons. The molecule has 0 aliphatic heterocycles. The molecule has 0 saturated carbocycles. The molecule has 0 fully saturated rings. The standard InChI is InChI=1S/C21H18Cl2N2O4S/c1-2-28-19-7-13(11-26)3-6-18(19)29-12-20(27)25-21-24-10-16(30-21)8-14-4-5-15(22)9-17(14)23/h3-7,9-11H,2,8,12H2,1H3,(H,24,25,27). The number of carbonyl (C=O) groups is 2. The number of carbonyl (C=O) groups excluding carboxylic acids is 2. The van der Waals surface area contributed by atoms with Crippen molar-refractivity contribution in [2.45, 2.75) is 13.3 Å². The highest BCUT2D eigenvalue weighted by molar-refractivity contribution is 7.15. The van der Waals surface area contributed by atoms with Crippen molar-refractivity contribution in [3.8, 4) is 11.5 Å². The summed E-state index contributed by atoms with van der Waals surface area (Å²) >= 11 is 13.5. The van der Waals surface area contributed by atoms with Crippen LogP contribution in [0.1, 0.15) is 27.7 Å². The Morgan fingerprint density at radius 2 is 2.00 bits per heavy atom. The smallest absolute Gasteiger partial charge is 0.264 e. The first kappa shape index (κ1) is 22.1. The fourth-order valence-corrected chi connectivity index (χ4v) is 3.91. The van der Waals surface area contributed by atoms with Crippen molar-refractivity contribution in [2.75, 3.05) is 18.5 Å². The molecule has 156 valence electrons. The summed E-state index contributed by atoms with van der Waals surface area (Å²) in [6.45, 7) is 2.00. The van der Waals surface area contributed by atoms with Gasteiger partial charge >= 0.3 is 0 Å². The monoisotopic (exact) mass is 464 g/mol. The average Bonchev–Trinajstić information content (AvgIpc) is 3.16. The van der Waals surface area contributed by atoms with Gasteiger partial charge in [0.2, 0.25) is 0 Å². The van der Waals surface area contributed by atoms with Crippen molar-refractivity contribution in [1.82, 2.24) is 4.98 Å². The number of amides is 1. The molecule has 0 aliphatic carbocycles. The minimum Gasteiger partial charge on any atom is -0.490 e. The Hall–Kier alpha value is -2.61. The predicted molar refractivity (Wildman–Crippen MR) is 119 cm³/mol. The molecule has 6 nitrogen and oxygen atoms in total. The van der Waals surface area contributed by atoms with Crippen LogP contribution in [0, 0.1) is 0 Å². The Bertz CT molecular complexity index is 1060. The van der Waals surface area contributed by atoms with E-state index in [4.69, 9.17) is 32.7 Å². The second-order valence-electron chi connectivity index (χ2n) is 6.14. The van der Waals surface area contributed by atoms with Gasteiger partial charge in [0.1, 0.15) is 6.29 Å². The zero-order valence-corrected chi connectivity index (χ0v) is 18.3. The Balaban J connectivity index is 1.57. The summed E-state index contributed by atoms with van der Waals surface area (Å²) < 4.78 is 11.0. The fraction of sp³-hybridized carbons (Fsp3) is 0.190. The zero-order chi connectivity index (χ0) is 21.5. The maximum Gasteiger partial charge on any atom is 0.264 e. The van der Waals surface area contributed by atoms with Crippen LogP contribution in [0.4, 0.5) is 5.13 Å². The van der Waals surface area contributed by atoms with Crippen LogP contribution in [-0.2, 0) is 11.2 Å². The highest BCUT2D eigenvalue weighted by Gasteiger charge is 2.12. The molecule has 0 unspecified atom stereocenters. The SMILES string of the molecule is CCOc1cc(C=O)ccc1OCC(=O)Nc1ncc(Cc2ccc(Cl)cc2Cl)s1. The molecule has 1 aromatic heterocycles. The van der Waals surface area contributed by atoms with Gasteiger partial charge in [0.15, 0.2) is 23.2 Å². The molecule has 30 heavy (non-hydrogen) atoms. The van der Waals surface area contributed by atoms with Gasteiger partial charge in [0.05, 0.1) is 6.61 Å². The molecule has 0 bridgehead atoms. The number of aromatic nitrogens is 1. The van der Waals surface area contributed by atoms with Crippen LogP contribution in [0.2, 0.25) is 10.0 Å². The number of nitrogens with zero attached hydrogens (tertiary/aromatic N) is 1. The lowest BCUT2D eigenvalue weighted by molar-refractivity contribution is -0.118. The second kappa shape index (κ2) is 10.4. The van der Waals surface area contributed by atoms with Crippen molar-refractivity contribution >= 4 is 51.9 Å². The van der Waals surface area contributed by atoms with Crippen LogP contribution >= 0.6 is 34.5 Å². The van der Waals surface area contributed by atoms with Crippen molar-refractivity contribution in [3.05, 3.63) is 68.6 Å². The zero-order valence-electron chi connectivity index (χ0n) is 16.0. The average molecular weight is 465 g/mol. The van der Waals surface area contributed by atoms with E-state index in [1.807, 2.05) is 13.0 Å². The van der Waals surface area contributed by atoms with Gasteiger partial charge in [0.25, 0.3) is 5.91 Å². The molecular formula is C21H18Cl2N2O4S.